The van der Waals surface area contributed by atoms with E-state index >= 15 is 0 Å². The molecule has 2 bridgehead atoms. The minimum absolute atomic E-state index is 0.456. The fourth-order valence-corrected chi connectivity index (χ4v) is 4.16. The Bertz CT molecular complexity index is 260. The molecule has 4 saturated heterocycles. The highest BCUT2D eigenvalue weighted by atomic mass is 15.3. The zero-order chi connectivity index (χ0) is 11.8. The van der Waals surface area contributed by atoms with Gasteiger partial charge in [0.2, 0.25) is 0 Å². The molecule has 2 N–H and O–H groups in total. The second-order valence-corrected chi connectivity index (χ2v) is 6.32. The van der Waals surface area contributed by atoms with Gasteiger partial charge in [-0.25, -0.2) is 0 Å². The molecule has 17 heavy (non-hydrogen) atoms. The number of piperidine rings is 4. The molecule has 0 saturated carbocycles. The van der Waals surface area contributed by atoms with Gasteiger partial charge in [-0.3, -0.25) is 4.90 Å². The van der Waals surface area contributed by atoms with Crippen LogP contribution in [0.4, 0.5) is 0 Å². The van der Waals surface area contributed by atoms with Crippen LogP contribution in [0.2, 0.25) is 0 Å². The Morgan fingerprint density at radius 3 is 2.41 bits per heavy atom. The number of hydrogen-bond acceptors (Lipinski definition) is 3. The summed E-state index contributed by atoms with van der Waals surface area (Å²) in [5.41, 5.74) is 6.22. The van der Waals surface area contributed by atoms with Crippen LogP contribution in [0.5, 0.6) is 0 Å². The van der Waals surface area contributed by atoms with Crippen LogP contribution in [-0.4, -0.2) is 54.6 Å². The van der Waals surface area contributed by atoms with E-state index in [1.165, 1.54) is 58.4 Å². The molecule has 4 fully saturated rings. The molecule has 3 heteroatoms. The van der Waals surface area contributed by atoms with Gasteiger partial charge in [-0.15, -0.1) is 0 Å². The van der Waals surface area contributed by atoms with Crippen molar-refractivity contribution in [1.29, 1.82) is 0 Å². The van der Waals surface area contributed by atoms with Crippen LogP contribution in [0.25, 0.3) is 0 Å². The highest BCUT2D eigenvalue weighted by Crippen LogP contribution is 2.33. The maximum atomic E-state index is 6.22. The van der Waals surface area contributed by atoms with Crippen molar-refractivity contribution in [3.8, 4) is 0 Å². The Hall–Kier alpha value is -0.120. The summed E-state index contributed by atoms with van der Waals surface area (Å²) in [6, 6.07) is 1.30. The number of rotatable bonds is 2. The number of nitrogens with two attached hydrogens (primary N) is 1. The zero-order valence-electron chi connectivity index (χ0n) is 11.1. The third kappa shape index (κ3) is 2.25. The van der Waals surface area contributed by atoms with Crippen LogP contribution in [-0.2, 0) is 0 Å². The Balaban J connectivity index is 1.64. The zero-order valence-corrected chi connectivity index (χ0v) is 11.1. The average Bonchev–Trinajstić information content (AvgIpc) is 2.40. The Labute approximate surface area is 105 Å². The largest absolute Gasteiger partial charge is 0.327 e. The molecule has 4 heterocycles. The van der Waals surface area contributed by atoms with E-state index in [-0.39, 0.29) is 0 Å². The molecule has 4 aliphatic heterocycles. The van der Waals surface area contributed by atoms with Gasteiger partial charge < -0.3 is 10.6 Å². The summed E-state index contributed by atoms with van der Waals surface area (Å²) >= 11 is 0. The van der Waals surface area contributed by atoms with E-state index in [2.05, 4.69) is 16.7 Å². The second-order valence-electron chi connectivity index (χ2n) is 6.32. The summed E-state index contributed by atoms with van der Waals surface area (Å²) in [7, 11) is 0. The minimum atomic E-state index is 0.456. The van der Waals surface area contributed by atoms with Crippen molar-refractivity contribution in [2.45, 2.75) is 44.7 Å². The van der Waals surface area contributed by atoms with Crippen molar-refractivity contribution in [2.24, 2.45) is 17.6 Å². The van der Waals surface area contributed by atoms with Crippen LogP contribution in [0.15, 0.2) is 0 Å². The first-order chi connectivity index (χ1) is 8.28. The van der Waals surface area contributed by atoms with Gasteiger partial charge in [-0.1, -0.05) is 13.3 Å². The van der Waals surface area contributed by atoms with E-state index in [0.717, 1.165) is 17.9 Å². The van der Waals surface area contributed by atoms with Crippen molar-refractivity contribution in [3.63, 3.8) is 0 Å². The van der Waals surface area contributed by atoms with Gasteiger partial charge in [-0.05, 0) is 50.7 Å². The van der Waals surface area contributed by atoms with Crippen molar-refractivity contribution in [3.05, 3.63) is 0 Å². The maximum Gasteiger partial charge on any atom is 0.0252 e. The lowest BCUT2D eigenvalue weighted by Gasteiger charge is -2.51. The Kier molecular flexibility index (Phi) is 3.42. The molecule has 0 aliphatic carbocycles. The summed E-state index contributed by atoms with van der Waals surface area (Å²) < 4.78 is 0. The fourth-order valence-electron chi connectivity index (χ4n) is 4.16. The molecule has 3 atom stereocenters. The molecule has 3 unspecified atom stereocenters. The molecule has 4 aliphatic rings. The van der Waals surface area contributed by atoms with Crippen molar-refractivity contribution < 1.29 is 0 Å². The molecule has 4 rings (SSSR count). The predicted octanol–water partition coefficient (Wildman–Crippen LogP) is 1.14. The van der Waals surface area contributed by atoms with Crippen LogP contribution >= 0.6 is 0 Å². The summed E-state index contributed by atoms with van der Waals surface area (Å²) in [6.07, 6.45) is 5.33. The lowest BCUT2D eigenvalue weighted by Crippen LogP contribution is -2.60. The quantitative estimate of drug-likeness (QED) is 0.782. The summed E-state index contributed by atoms with van der Waals surface area (Å²) in [6.45, 7) is 8.83. The Morgan fingerprint density at radius 1 is 1.06 bits per heavy atom. The van der Waals surface area contributed by atoms with Gasteiger partial charge in [-0.2, -0.15) is 0 Å². The smallest absolute Gasteiger partial charge is 0.0252 e. The number of fused-ring (bicyclic) bond motifs is 3. The first-order valence-electron chi connectivity index (χ1n) is 7.50. The molecule has 0 amide bonds. The first kappa shape index (κ1) is 11.9. The normalized spacial score (nSPS) is 47.3. The lowest BCUT2D eigenvalue weighted by atomic mass is 9.81. The number of nitrogens with zero attached hydrogens (tertiary/aromatic N) is 2. The van der Waals surface area contributed by atoms with E-state index < -0.39 is 0 Å². The van der Waals surface area contributed by atoms with E-state index in [9.17, 15) is 0 Å². The fraction of sp³-hybridized carbons (Fsp3) is 1.00. The van der Waals surface area contributed by atoms with Crippen LogP contribution in [0, 0.1) is 11.8 Å². The van der Waals surface area contributed by atoms with Gasteiger partial charge >= 0.3 is 0 Å². The Morgan fingerprint density at radius 2 is 1.82 bits per heavy atom. The standard InChI is InChI=1S/C14H27N3/c1-2-11-9-17(8-5-13(11)15)14-10-16-6-3-12(14)4-7-16/h11-14H,2-10,15H2,1H3. The SMILES string of the molecule is CCC1CN(C2CN3CCC2CC3)CCC1N. The van der Waals surface area contributed by atoms with Gasteiger partial charge in [0.25, 0.3) is 0 Å². The average molecular weight is 237 g/mol. The van der Waals surface area contributed by atoms with E-state index in [1.807, 2.05) is 0 Å². The molecule has 0 aromatic heterocycles. The second kappa shape index (κ2) is 4.87. The van der Waals surface area contributed by atoms with Gasteiger partial charge in [0.05, 0.1) is 0 Å². The highest BCUT2D eigenvalue weighted by Gasteiger charge is 2.39. The minimum Gasteiger partial charge on any atom is -0.327 e. The van der Waals surface area contributed by atoms with E-state index in [0.29, 0.717) is 6.04 Å². The summed E-state index contributed by atoms with van der Waals surface area (Å²) in [4.78, 5) is 5.44. The van der Waals surface area contributed by atoms with Crippen molar-refractivity contribution in [1.82, 2.24) is 9.80 Å². The molecule has 0 radical (unpaired) electrons. The van der Waals surface area contributed by atoms with E-state index in [4.69, 9.17) is 5.73 Å². The molecule has 98 valence electrons. The molecule has 0 aromatic rings. The van der Waals surface area contributed by atoms with Crippen LogP contribution in [0.1, 0.15) is 32.6 Å². The van der Waals surface area contributed by atoms with Gasteiger partial charge in [0, 0.05) is 25.2 Å². The van der Waals surface area contributed by atoms with Crippen LogP contribution in [0.3, 0.4) is 0 Å². The first-order valence-corrected chi connectivity index (χ1v) is 7.50. The summed E-state index contributed by atoms with van der Waals surface area (Å²) in [5, 5.41) is 0. The highest BCUT2D eigenvalue weighted by molar-refractivity contribution is 4.95. The predicted molar refractivity (Wildman–Crippen MR) is 70.9 cm³/mol. The van der Waals surface area contributed by atoms with Crippen molar-refractivity contribution >= 4 is 0 Å². The monoisotopic (exact) mass is 237 g/mol. The number of hydrogen-bond donors (Lipinski definition) is 1. The third-order valence-corrected chi connectivity index (χ3v) is 5.44. The molecule has 0 spiro atoms. The topological polar surface area (TPSA) is 32.5 Å². The molecular formula is C14H27N3. The molecule has 0 aromatic carbocycles. The molecular weight excluding hydrogens is 210 g/mol. The van der Waals surface area contributed by atoms with Crippen LogP contribution < -0.4 is 5.73 Å². The molecule has 3 nitrogen and oxygen atoms in total. The lowest BCUT2D eigenvalue weighted by molar-refractivity contribution is -0.0159. The number of likely N-dealkylation sites (tertiary alicyclic amines) is 1. The maximum absolute atomic E-state index is 6.22. The van der Waals surface area contributed by atoms with Crippen molar-refractivity contribution in [2.75, 3.05) is 32.7 Å². The van der Waals surface area contributed by atoms with E-state index in [1.54, 1.807) is 0 Å². The van der Waals surface area contributed by atoms with Gasteiger partial charge in [0.15, 0.2) is 0 Å². The summed E-state index contributed by atoms with van der Waals surface area (Å²) in [5.74, 6) is 1.71. The third-order valence-electron chi connectivity index (χ3n) is 5.44. The van der Waals surface area contributed by atoms with Gasteiger partial charge in [0.1, 0.15) is 0 Å².